The van der Waals surface area contributed by atoms with E-state index < -0.39 is 15.7 Å². The molecule has 1 aromatic heterocycles. The van der Waals surface area contributed by atoms with E-state index in [4.69, 9.17) is 21.1 Å². The molecule has 1 aromatic carbocycles. The highest BCUT2D eigenvalue weighted by molar-refractivity contribution is 7.93. The number of sulfone groups is 1. The van der Waals surface area contributed by atoms with Crippen molar-refractivity contribution in [1.29, 1.82) is 0 Å². The van der Waals surface area contributed by atoms with Crippen LogP contribution in [0.2, 0.25) is 5.02 Å². The maximum Gasteiger partial charge on any atom is 0.167 e. The molecule has 6 nitrogen and oxygen atoms in total. The third-order valence-corrected chi connectivity index (χ3v) is 9.35. The molecule has 30 heavy (non-hydrogen) atoms. The van der Waals surface area contributed by atoms with Gasteiger partial charge < -0.3 is 9.47 Å². The Balaban J connectivity index is 1.24. The van der Waals surface area contributed by atoms with Crippen LogP contribution in [0.1, 0.15) is 32.1 Å². The number of nitrogens with zero attached hydrogens (tertiary/aromatic N) is 2. The second-order valence-corrected chi connectivity index (χ2v) is 11.4. The minimum absolute atomic E-state index is 0.121. The Morgan fingerprint density at radius 1 is 1.27 bits per heavy atom. The van der Waals surface area contributed by atoms with Crippen LogP contribution in [-0.2, 0) is 14.6 Å². The largest absolute Gasteiger partial charge is 0.488 e. The molecule has 2 saturated carbocycles. The number of rotatable bonds is 7. The molecule has 4 atom stereocenters. The topological polar surface area (TPSA) is 70.4 Å². The van der Waals surface area contributed by atoms with E-state index in [1.165, 1.54) is 16.9 Å². The minimum atomic E-state index is -2.99. The molecule has 0 amide bonds. The van der Waals surface area contributed by atoms with Crippen molar-refractivity contribution < 1.29 is 22.3 Å². The normalized spacial score (nSPS) is 29.0. The first-order valence-corrected chi connectivity index (χ1v) is 12.4. The maximum atomic E-state index is 14.6. The zero-order chi connectivity index (χ0) is 20.9. The zero-order valence-electron chi connectivity index (χ0n) is 16.4. The Kier molecular flexibility index (Phi) is 5.27. The first-order chi connectivity index (χ1) is 14.4. The van der Waals surface area contributed by atoms with Crippen molar-refractivity contribution in [1.82, 2.24) is 9.78 Å². The highest BCUT2D eigenvalue weighted by Crippen LogP contribution is 2.51. The lowest BCUT2D eigenvalue weighted by Crippen LogP contribution is -2.37. The van der Waals surface area contributed by atoms with Gasteiger partial charge in [0.15, 0.2) is 21.4 Å². The van der Waals surface area contributed by atoms with E-state index in [2.05, 4.69) is 5.10 Å². The van der Waals surface area contributed by atoms with Crippen molar-refractivity contribution in [2.45, 2.75) is 48.7 Å². The lowest BCUT2D eigenvalue weighted by Gasteiger charge is -2.32. The summed E-state index contributed by atoms with van der Waals surface area (Å²) in [7, 11) is -2.99. The van der Waals surface area contributed by atoms with Gasteiger partial charge in [-0.1, -0.05) is 11.6 Å². The number of hydrogen-bond acceptors (Lipinski definition) is 5. The number of hydrogen-bond donors (Lipinski definition) is 0. The molecule has 162 valence electrons. The number of ether oxygens (including phenoxy) is 2. The van der Waals surface area contributed by atoms with Crippen LogP contribution in [0.15, 0.2) is 30.6 Å². The van der Waals surface area contributed by atoms with Gasteiger partial charge in [0.2, 0.25) is 0 Å². The van der Waals surface area contributed by atoms with Gasteiger partial charge in [0, 0.05) is 18.9 Å². The average Bonchev–Trinajstić information content (AvgIpc) is 3.64. The summed E-state index contributed by atoms with van der Waals surface area (Å²) in [5, 5.41) is 4.19. The Labute approximate surface area is 180 Å². The van der Waals surface area contributed by atoms with Crippen molar-refractivity contribution in [2.75, 3.05) is 13.2 Å². The highest BCUT2D eigenvalue weighted by Gasteiger charge is 2.57. The zero-order valence-corrected chi connectivity index (χ0v) is 18.0. The number of benzene rings is 1. The molecule has 1 unspecified atom stereocenters. The molecule has 2 heterocycles. The van der Waals surface area contributed by atoms with Gasteiger partial charge in [0.25, 0.3) is 0 Å². The van der Waals surface area contributed by atoms with E-state index in [9.17, 15) is 12.8 Å². The molecule has 0 spiro atoms. The van der Waals surface area contributed by atoms with E-state index >= 15 is 0 Å². The summed E-state index contributed by atoms with van der Waals surface area (Å²) in [5.74, 6) is -0.0675. The fourth-order valence-electron chi connectivity index (χ4n) is 4.55. The van der Waals surface area contributed by atoms with E-state index in [0.717, 1.165) is 32.1 Å². The van der Waals surface area contributed by atoms with Gasteiger partial charge in [-0.3, -0.25) is 0 Å². The predicted octanol–water partition coefficient (Wildman–Crippen LogP) is 3.80. The lowest BCUT2D eigenvalue weighted by molar-refractivity contribution is -0.0563. The van der Waals surface area contributed by atoms with Crippen LogP contribution < -0.4 is 4.74 Å². The van der Waals surface area contributed by atoms with Crippen LogP contribution in [0, 0.1) is 17.7 Å². The monoisotopic (exact) mass is 454 g/mol. The fraction of sp³-hybridized carbons (Fsp3) is 0.571. The fourth-order valence-corrected chi connectivity index (χ4v) is 7.15. The molecule has 0 bridgehead atoms. The van der Waals surface area contributed by atoms with Crippen molar-refractivity contribution in [3.63, 3.8) is 0 Å². The smallest absolute Gasteiger partial charge is 0.167 e. The number of aromatic nitrogens is 2. The Hall–Kier alpha value is -1.64. The molecule has 5 rings (SSSR count). The minimum Gasteiger partial charge on any atom is -0.488 e. The summed E-state index contributed by atoms with van der Waals surface area (Å²) in [6.45, 7) is 0.833. The molecular formula is C21H24ClFN2O4S. The van der Waals surface area contributed by atoms with Crippen molar-refractivity contribution >= 4 is 21.4 Å². The van der Waals surface area contributed by atoms with Crippen LogP contribution in [0.5, 0.6) is 5.75 Å². The predicted molar refractivity (Wildman–Crippen MR) is 110 cm³/mol. The summed E-state index contributed by atoms with van der Waals surface area (Å²) >= 11 is 5.87. The van der Waals surface area contributed by atoms with E-state index in [1.807, 2.05) is 0 Å². The second kappa shape index (κ2) is 7.80. The molecule has 2 aromatic rings. The van der Waals surface area contributed by atoms with Gasteiger partial charge in [-0.05, 0) is 56.1 Å². The van der Waals surface area contributed by atoms with Gasteiger partial charge in [0.1, 0.15) is 6.61 Å². The van der Waals surface area contributed by atoms with Crippen LogP contribution in [0.25, 0.3) is 5.69 Å². The first-order valence-electron chi connectivity index (χ1n) is 10.4. The molecule has 2 aliphatic carbocycles. The van der Waals surface area contributed by atoms with Gasteiger partial charge in [0.05, 0.1) is 33.5 Å². The maximum absolute atomic E-state index is 14.6. The van der Waals surface area contributed by atoms with Crippen LogP contribution in [0.4, 0.5) is 4.39 Å². The lowest BCUT2D eigenvalue weighted by atomic mass is 9.90. The quantitative estimate of drug-likeness (QED) is 0.636. The van der Waals surface area contributed by atoms with Crippen molar-refractivity contribution in [3.05, 3.63) is 41.4 Å². The third kappa shape index (κ3) is 3.97. The van der Waals surface area contributed by atoms with Gasteiger partial charge in [-0.25, -0.2) is 17.5 Å². The first kappa shape index (κ1) is 20.3. The number of halogens is 2. The van der Waals surface area contributed by atoms with E-state index in [0.29, 0.717) is 17.3 Å². The molecule has 9 heteroatoms. The average molecular weight is 455 g/mol. The van der Waals surface area contributed by atoms with E-state index in [1.54, 1.807) is 18.3 Å². The Bertz CT molecular complexity index is 1040. The Morgan fingerprint density at radius 2 is 2.10 bits per heavy atom. The van der Waals surface area contributed by atoms with Crippen molar-refractivity contribution in [3.8, 4) is 11.4 Å². The molecule has 0 N–H and O–H groups in total. The summed E-state index contributed by atoms with van der Waals surface area (Å²) < 4.78 is 52.8. The summed E-state index contributed by atoms with van der Waals surface area (Å²) in [5.41, 5.74) is 0.546. The van der Waals surface area contributed by atoms with Gasteiger partial charge >= 0.3 is 0 Å². The molecule has 1 aliphatic heterocycles. The van der Waals surface area contributed by atoms with E-state index in [-0.39, 0.29) is 40.8 Å². The highest BCUT2D eigenvalue weighted by atomic mass is 35.5. The molecule has 3 aliphatic rings. The third-order valence-electron chi connectivity index (χ3n) is 6.37. The summed E-state index contributed by atoms with van der Waals surface area (Å²) in [4.78, 5) is 0. The van der Waals surface area contributed by atoms with Gasteiger partial charge in [-0.15, -0.1) is 0 Å². The molecule has 1 saturated heterocycles. The SMILES string of the molecule is O=S(=O)(C1CC1)C1C[C@@H]1[C@H]1CCCO[C@@H]1COc1ccc(-n2cc(Cl)cn2)cc1F. The molecule has 3 fully saturated rings. The van der Waals surface area contributed by atoms with Gasteiger partial charge in [-0.2, -0.15) is 5.10 Å². The summed E-state index contributed by atoms with van der Waals surface area (Å²) in [6, 6.07) is 4.62. The molecular weight excluding hydrogens is 431 g/mol. The standard InChI is InChI=1S/C21H24ClFN2O4S/c22-13-10-24-25(11-13)14-3-6-19(18(23)8-14)29-12-20-16(2-1-7-28-20)17-9-21(17)30(26,27)15-4-5-15/h3,6,8,10-11,15-17,20-21H,1-2,4-5,7,9,12H2/t16-,17-,20-,21?/m1/s1. The molecule has 0 radical (unpaired) electrons. The van der Waals surface area contributed by atoms with Crippen LogP contribution >= 0.6 is 11.6 Å². The Morgan fingerprint density at radius 3 is 2.80 bits per heavy atom. The second-order valence-electron chi connectivity index (χ2n) is 8.47. The van der Waals surface area contributed by atoms with Crippen LogP contribution in [0.3, 0.4) is 0 Å². The van der Waals surface area contributed by atoms with Crippen molar-refractivity contribution in [2.24, 2.45) is 11.8 Å². The van der Waals surface area contributed by atoms with Crippen LogP contribution in [-0.4, -0.2) is 48.0 Å². The summed E-state index contributed by atoms with van der Waals surface area (Å²) in [6.07, 6.45) is 7.04.